The predicted molar refractivity (Wildman–Crippen MR) is 101 cm³/mol. The van der Waals surface area contributed by atoms with Gasteiger partial charge < -0.3 is 15.1 Å². The number of hydrogen-bond donors (Lipinski definition) is 1. The maximum Gasteiger partial charge on any atom is 0.254 e. The topological polar surface area (TPSA) is 52.7 Å². The Hall–Kier alpha value is -1.88. The summed E-state index contributed by atoms with van der Waals surface area (Å²) in [5, 5.41) is 3.14. The molecule has 140 valence electrons. The quantitative estimate of drug-likeness (QED) is 0.882. The van der Waals surface area contributed by atoms with Crippen molar-refractivity contribution in [1.82, 2.24) is 15.1 Å². The van der Waals surface area contributed by atoms with E-state index in [0.29, 0.717) is 31.5 Å². The van der Waals surface area contributed by atoms with Crippen molar-refractivity contribution < 1.29 is 9.59 Å². The van der Waals surface area contributed by atoms with Crippen molar-refractivity contribution in [2.45, 2.75) is 51.1 Å². The van der Waals surface area contributed by atoms with Crippen LogP contribution in [0.15, 0.2) is 24.3 Å². The lowest BCUT2D eigenvalue weighted by Crippen LogP contribution is -2.51. The maximum atomic E-state index is 12.4. The predicted octanol–water partition coefficient (Wildman–Crippen LogP) is 2.41. The van der Waals surface area contributed by atoms with Gasteiger partial charge in [-0.25, -0.2) is 0 Å². The van der Waals surface area contributed by atoms with E-state index in [9.17, 15) is 9.59 Å². The lowest BCUT2D eigenvalue weighted by Gasteiger charge is -2.44. The van der Waals surface area contributed by atoms with Crippen LogP contribution in [-0.2, 0) is 11.3 Å². The van der Waals surface area contributed by atoms with Crippen LogP contribution in [0.25, 0.3) is 0 Å². The van der Waals surface area contributed by atoms with Crippen molar-refractivity contribution in [1.29, 1.82) is 0 Å². The summed E-state index contributed by atoms with van der Waals surface area (Å²) in [5.41, 5.74) is 1.85. The molecule has 3 heterocycles. The summed E-state index contributed by atoms with van der Waals surface area (Å²) in [6.45, 7) is 4.37. The van der Waals surface area contributed by atoms with E-state index in [1.807, 2.05) is 24.3 Å². The Morgan fingerprint density at radius 3 is 2.85 bits per heavy atom. The highest BCUT2D eigenvalue weighted by Gasteiger charge is 2.33. The molecule has 2 amide bonds. The van der Waals surface area contributed by atoms with Gasteiger partial charge in [-0.15, -0.1) is 0 Å². The molecule has 2 fully saturated rings. The van der Waals surface area contributed by atoms with Crippen LogP contribution in [0.2, 0.25) is 0 Å². The normalized spacial score (nSPS) is 25.7. The molecule has 2 saturated heterocycles. The average molecular weight is 355 g/mol. The third kappa shape index (κ3) is 3.63. The second-order valence-electron chi connectivity index (χ2n) is 7.94. The van der Waals surface area contributed by atoms with Gasteiger partial charge in [0.05, 0.1) is 0 Å². The second-order valence-corrected chi connectivity index (χ2v) is 7.94. The number of fused-ring (bicyclic) bond motifs is 2. The van der Waals surface area contributed by atoms with Crippen molar-refractivity contribution in [2.75, 3.05) is 26.2 Å². The fourth-order valence-corrected chi connectivity index (χ4v) is 4.88. The molecule has 0 aliphatic carbocycles. The molecule has 5 nitrogen and oxygen atoms in total. The Morgan fingerprint density at radius 2 is 1.96 bits per heavy atom. The molecule has 0 spiro atoms. The molecule has 4 rings (SSSR count). The number of rotatable bonds is 5. The van der Waals surface area contributed by atoms with E-state index in [1.54, 1.807) is 4.90 Å². The third-order valence-electron chi connectivity index (χ3n) is 6.30. The Kier molecular flexibility index (Phi) is 5.25. The van der Waals surface area contributed by atoms with Gasteiger partial charge in [0.15, 0.2) is 0 Å². The van der Waals surface area contributed by atoms with Gasteiger partial charge in [0.1, 0.15) is 0 Å². The summed E-state index contributed by atoms with van der Waals surface area (Å²) < 4.78 is 0. The molecule has 2 atom stereocenters. The van der Waals surface area contributed by atoms with Gasteiger partial charge in [0, 0.05) is 37.7 Å². The lowest BCUT2D eigenvalue weighted by atomic mass is 9.83. The molecule has 0 radical (unpaired) electrons. The number of nitrogens with one attached hydrogen (secondary N) is 1. The van der Waals surface area contributed by atoms with Crippen LogP contribution in [0.1, 0.15) is 54.4 Å². The smallest absolute Gasteiger partial charge is 0.254 e. The summed E-state index contributed by atoms with van der Waals surface area (Å²) in [6.07, 6.45) is 6.78. The summed E-state index contributed by atoms with van der Waals surface area (Å²) in [6, 6.07) is 8.38. The van der Waals surface area contributed by atoms with Gasteiger partial charge in [-0.05, 0) is 56.3 Å². The van der Waals surface area contributed by atoms with Gasteiger partial charge in [0.2, 0.25) is 5.91 Å². The van der Waals surface area contributed by atoms with Crippen molar-refractivity contribution in [3.8, 4) is 0 Å². The van der Waals surface area contributed by atoms with Gasteiger partial charge in [-0.1, -0.05) is 24.6 Å². The van der Waals surface area contributed by atoms with Gasteiger partial charge >= 0.3 is 0 Å². The minimum Gasteiger partial charge on any atom is -0.356 e. The zero-order chi connectivity index (χ0) is 17.9. The van der Waals surface area contributed by atoms with Crippen molar-refractivity contribution in [3.63, 3.8) is 0 Å². The Labute approximate surface area is 155 Å². The number of amides is 2. The molecule has 5 heteroatoms. The molecule has 0 unspecified atom stereocenters. The summed E-state index contributed by atoms with van der Waals surface area (Å²) in [5.74, 6) is 0.714. The van der Waals surface area contributed by atoms with Crippen LogP contribution in [0.5, 0.6) is 0 Å². The summed E-state index contributed by atoms with van der Waals surface area (Å²) in [4.78, 5) is 29.1. The third-order valence-corrected chi connectivity index (χ3v) is 6.30. The molecule has 0 aromatic heterocycles. The SMILES string of the molecule is O=C(CCN1Cc2ccccc2C1=O)NC[C@@H]1CCCN2CCCC[C@H]12. The number of benzene rings is 1. The molecule has 1 aromatic rings. The number of nitrogens with zero attached hydrogens (tertiary/aromatic N) is 2. The molecule has 1 N–H and O–H groups in total. The fraction of sp³-hybridized carbons (Fsp3) is 0.619. The highest BCUT2D eigenvalue weighted by molar-refractivity contribution is 5.98. The number of carbonyl (C=O) groups excluding carboxylic acids is 2. The van der Waals surface area contributed by atoms with E-state index in [2.05, 4.69) is 10.2 Å². The first kappa shape index (κ1) is 17.5. The Morgan fingerprint density at radius 1 is 1.12 bits per heavy atom. The zero-order valence-electron chi connectivity index (χ0n) is 15.5. The Balaban J connectivity index is 1.23. The monoisotopic (exact) mass is 355 g/mol. The molecule has 1 aromatic carbocycles. The molecule has 3 aliphatic heterocycles. The van der Waals surface area contributed by atoms with Gasteiger partial charge in [0.25, 0.3) is 5.91 Å². The van der Waals surface area contributed by atoms with E-state index in [1.165, 1.54) is 45.2 Å². The first-order valence-corrected chi connectivity index (χ1v) is 10.1. The number of hydrogen-bond acceptors (Lipinski definition) is 3. The highest BCUT2D eigenvalue weighted by atomic mass is 16.2. The molecule has 0 bridgehead atoms. The van der Waals surface area contributed by atoms with E-state index in [4.69, 9.17) is 0 Å². The van der Waals surface area contributed by atoms with Crippen molar-refractivity contribution >= 4 is 11.8 Å². The van der Waals surface area contributed by atoms with Crippen LogP contribution in [0.4, 0.5) is 0 Å². The van der Waals surface area contributed by atoms with Crippen LogP contribution >= 0.6 is 0 Å². The lowest BCUT2D eigenvalue weighted by molar-refractivity contribution is -0.121. The first-order valence-electron chi connectivity index (χ1n) is 10.1. The van der Waals surface area contributed by atoms with Crippen LogP contribution in [-0.4, -0.2) is 53.8 Å². The van der Waals surface area contributed by atoms with E-state index < -0.39 is 0 Å². The van der Waals surface area contributed by atoms with Crippen LogP contribution < -0.4 is 5.32 Å². The van der Waals surface area contributed by atoms with E-state index in [0.717, 1.165) is 17.7 Å². The first-order chi connectivity index (χ1) is 12.7. The standard InChI is InChI=1S/C21H29N3O2/c25-20(10-13-24-15-17-6-1-2-8-18(17)21(24)26)22-14-16-7-5-12-23-11-4-3-9-19(16)23/h1-2,6,8,16,19H,3-5,7,9-15H2,(H,22,25)/t16-,19+/m0/s1. The van der Waals surface area contributed by atoms with Gasteiger partial charge in [-0.3, -0.25) is 9.59 Å². The summed E-state index contributed by atoms with van der Waals surface area (Å²) in [7, 11) is 0. The van der Waals surface area contributed by atoms with E-state index >= 15 is 0 Å². The minimum atomic E-state index is 0.0542. The second kappa shape index (κ2) is 7.78. The van der Waals surface area contributed by atoms with E-state index in [-0.39, 0.29) is 11.8 Å². The highest BCUT2D eigenvalue weighted by Crippen LogP contribution is 2.30. The minimum absolute atomic E-state index is 0.0542. The number of piperidine rings is 2. The zero-order valence-corrected chi connectivity index (χ0v) is 15.5. The fourth-order valence-electron chi connectivity index (χ4n) is 4.88. The molecule has 0 saturated carbocycles. The Bertz CT molecular complexity index is 673. The number of carbonyl (C=O) groups is 2. The average Bonchev–Trinajstić information content (AvgIpc) is 3.01. The largest absolute Gasteiger partial charge is 0.356 e. The molecule has 26 heavy (non-hydrogen) atoms. The maximum absolute atomic E-state index is 12.4. The summed E-state index contributed by atoms with van der Waals surface area (Å²) >= 11 is 0. The van der Waals surface area contributed by atoms with Crippen LogP contribution in [0.3, 0.4) is 0 Å². The van der Waals surface area contributed by atoms with Crippen molar-refractivity contribution in [3.05, 3.63) is 35.4 Å². The molecule has 3 aliphatic rings. The van der Waals surface area contributed by atoms with Crippen molar-refractivity contribution in [2.24, 2.45) is 5.92 Å². The molecular weight excluding hydrogens is 326 g/mol. The molecular formula is C21H29N3O2. The van der Waals surface area contributed by atoms with Crippen LogP contribution in [0, 0.1) is 5.92 Å². The van der Waals surface area contributed by atoms with Gasteiger partial charge in [-0.2, -0.15) is 0 Å².